The van der Waals surface area contributed by atoms with Crippen molar-refractivity contribution in [1.82, 2.24) is 0 Å². The molecule has 0 saturated heterocycles. The molecule has 0 amide bonds. The molecular formula is C14H14O4S. The molecule has 0 atom stereocenters. The largest absolute Gasteiger partial charge is 0.298 e. The predicted molar refractivity (Wildman–Crippen MR) is 72.5 cm³/mol. The summed E-state index contributed by atoms with van der Waals surface area (Å²) in [5.74, 6) is 0. The van der Waals surface area contributed by atoms with E-state index < -0.39 is 10.1 Å². The molecule has 2 aliphatic carbocycles. The molecule has 0 aromatic carbocycles. The second kappa shape index (κ2) is 4.43. The number of carbonyl (C=O) groups excluding carboxylic acids is 1. The van der Waals surface area contributed by atoms with E-state index in [0.29, 0.717) is 23.0 Å². The number of aldehydes is 1. The SMILES string of the molecule is Cc1cc(C)c2c(C=O)cc(S(=O)(=O)O)c-2c(C)c1. The van der Waals surface area contributed by atoms with Crippen molar-refractivity contribution in [1.29, 1.82) is 0 Å². The summed E-state index contributed by atoms with van der Waals surface area (Å²) in [6.45, 7) is 5.47. The fraction of sp³-hybridized carbons (Fsp3) is 0.214. The maximum absolute atomic E-state index is 11.5. The normalized spacial score (nSPS) is 11.8. The van der Waals surface area contributed by atoms with Crippen LogP contribution in [-0.4, -0.2) is 19.3 Å². The Hall–Kier alpha value is -1.72. The van der Waals surface area contributed by atoms with Crippen molar-refractivity contribution in [3.8, 4) is 11.1 Å². The van der Waals surface area contributed by atoms with Crippen LogP contribution in [0.3, 0.4) is 0 Å². The monoisotopic (exact) mass is 278 g/mol. The summed E-state index contributed by atoms with van der Waals surface area (Å²) in [6.07, 6.45) is 0.610. The fourth-order valence-corrected chi connectivity index (χ4v) is 3.33. The van der Waals surface area contributed by atoms with Crippen LogP contribution in [0.15, 0.2) is 23.1 Å². The van der Waals surface area contributed by atoms with Crippen molar-refractivity contribution in [2.24, 2.45) is 0 Å². The van der Waals surface area contributed by atoms with E-state index in [2.05, 4.69) is 0 Å². The van der Waals surface area contributed by atoms with E-state index in [9.17, 15) is 17.8 Å². The van der Waals surface area contributed by atoms with Gasteiger partial charge in [-0.05, 0) is 43.5 Å². The minimum atomic E-state index is -4.36. The Labute approximate surface area is 112 Å². The maximum Gasteiger partial charge on any atom is 0.295 e. The molecule has 0 radical (unpaired) electrons. The Morgan fingerprint density at radius 3 is 2.00 bits per heavy atom. The van der Waals surface area contributed by atoms with Crippen LogP contribution in [-0.2, 0) is 10.1 Å². The summed E-state index contributed by atoms with van der Waals surface area (Å²) >= 11 is 0. The van der Waals surface area contributed by atoms with Gasteiger partial charge in [0, 0.05) is 11.1 Å². The van der Waals surface area contributed by atoms with Gasteiger partial charge in [-0.15, -0.1) is 0 Å². The highest BCUT2D eigenvalue weighted by Crippen LogP contribution is 2.39. The van der Waals surface area contributed by atoms with Crippen LogP contribution in [0, 0.1) is 20.8 Å². The number of carbonyl (C=O) groups is 1. The lowest BCUT2D eigenvalue weighted by molar-refractivity contribution is 0.112. The maximum atomic E-state index is 11.5. The molecule has 5 heteroatoms. The molecule has 19 heavy (non-hydrogen) atoms. The van der Waals surface area contributed by atoms with E-state index >= 15 is 0 Å². The molecule has 0 saturated carbocycles. The van der Waals surface area contributed by atoms with Gasteiger partial charge in [0.15, 0.2) is 6.29 Å². The van der Waals surface area contributed by atoms with Gasteiger partial charge in [-0.2, -0.15) is 8.42 Å². The number of rotatable bonds is 2. The highest BCUT2D eigenvalue weighted by molar-refractivity contribution is 7.86. The molecule has 0 heterocycles. The van der Waals surface area contributed by atoms with Crippen LogP contribution in [0.25, 0.3) is 11.1 Å². The van der Waals surface area contributed by atoms with Crippen LogP contribution >= 0.6 is 0 Å². The molecule has 0 aromatic heterocycles. The van der Waals surface area contributed by atoms with Crippen LogP contribution in [0.4, 0.5) is 0 Å². The Morgan fingerprint density at radius 2 is 1.53 bits per heavy atom. The lowest BCUT2D eigenvalue weighted by Gasteiger charge is -2.04. The molecular weight excluding hydrogens is 264 g/mol. The highest BCUT2D eigenvalue weighted by Gasteiger charge is 2.26. The molecule has 1 N–H and O–H groups in total. The first-order valence-corrected chi connectivity index (χ1v) is 7.17. The zero-order chi connectivity index (χ0) is 14.4. The number of aryl methyl sites for hydroxylation is 3. The molecule has 0 fully saturated rings. The quantitative estimate of drug-likeness (QED) is 0.677. The zero-order valence-electron chi connectivity index (χ0n) is 10.9. The summed E-state index contributed by atoms with van der Waals surface area (Å²) in [5, 5.41) is 0. The van der Waals surface area contributed by atoms with E-state index in [4.69, 9.17) is 0 Å². The van der Waals surface area contributed by atoms with Crippen molar-refractivity contribution in [3.63, 3.8) is 0 Å². The molecule has 2 rings (SSSR count). The Kier molecular flexibility index (Phi) is 3.20. The summed E-state index contributed by atoms with van der Waals surface area (Å²) in [7, 11) is -4.36. The van der Waals surface area contributed by atoms with E-state index in [1.165, 1.54) is 6.07 Å². The lowest BCUT2D eigenvalue weighted by Crippen LogP contribution is -1.98. The topological polar surface area (TPSA) is 71.4 Å². The van der Waals surface area contributed by atoms with Gasteiger partial charge >= 0.3 is 0 Å². The van der Waals surface area contributed by atoms with Crippen LogP contribution in [0.2, 0.25) is 0 Å². The van der Waals surface area contributed by atoms with Gasteiger partial charge in [-0.1, -0.05) is 17.7 Å². The first kappa shape index (κ1) is 13.7. The van der Waals surface area contributed by atoms with Gasteiger partial charge in [0.2, 0.25) is 0 Å². The van der Waals surface area contributed by atoms with E-state index in [1.807, 2.05) is 26.0 Å². The third-order valence-electron chi connectivity index (χ3n) is 3.15. The van der Waals surface area contributed by atoms with Crippen molar-refractivity contribution < 1.29 is 17.8 Å². The number of hydrogen-bond acceptors (Lipinski definition) is 3. The molecule has 100 valence electrons. The van der Waals surface area contributed by atoms with Crippen molar-refractivity contribution in [2.45, 2.75) is 25.7 Å². The average Bonchev–Trinajstić information content (AvgIpc) is 2.62. The van der Waals surface area contributed by atoms with Crippen molar-refractivity contribution in [3.05, 3.63) is 40.5 Å². The first-order valence-electron chi connectivity index (χ1n) is 5.73. The minimum Gasteiger partial charge on any atom is -0.298 e. The van der Waals surface area contributed by atoms with E-state index in [1.54, 1.807) is 6.92 Å². The molecule has 0 aromatic rings. The molecule has 0 unspecified atom stereocenters. The summed E-state index contributed by atoms with van der Waals surface area (Å²) in [5.41, 5.74) is 3.74. The molecule has 0 spiro atoms. The van der Waals surface area contributed by atoms with Crippen molar-refractivity contribution in [2.75, 3.05) is 0 Å². The van der Waals surface area contributed by atoms with E-state index in [-0.39, 0.29) is 10.5 Å². The van der Waals surface area contributed by atoms with E-state index in [0.717, 1.165) is 11.1 Å². The smallest absolute Gasteiger partial charge is 0.295 e. The number of fused-ring (bicyclic) bond motifs is 1. The highest BCUT2D eigenvalue weighted by atomic mass is 32.2. The third kappa shape index (κ3) is 2.27. The average molecular weight is 278 g/mol. The van der Waals surface area contributed by atoms with Gasteiger partial charge in [0.1, 0.15) is 4.90 Å². The lowest BCUT2D eigenvalue weighted by atomic mass is 10.0. The third-order valence-corrected chi connectivity index (χ3v) is 4.03. The van der Waals surface area contributed by atoms with Gasteiger partial charge in [-0.25, -0.2) is 0 Å². The Morgan fingerprint density at radius 1 is 1.00 bits per heavy atom. The fourth-order valence-electron chi connectivity index (χ4n) is 2.53. The van der Waals surface area contributed by atoms with Crippen LogP contribution in [0.5, 0.6) is 0 Å². The molecule has 0 aliphatic heterocycles. The summed E-state index contributed by atoms with van der Waals surface area (Å²) in [6, 6.07) is 4.94. The summed E-state index contributed by atoms with van der Waals surface area (Å²) in [4.78, 5) is 10.9. The molecule has 0 bridgehead atoms. The van der Waals surface area contributed by atoms with Crippen LogP contribution < -0.4 is 0 Å². The first-order chi connectivity index (χ1) is 8.75. The van der Waals surface area contributed by atoms with Crippen molar-refractivity contribution >= 4 is 16.4 Å². The zero-order valence-corrected chi connectivity index (χ0v) is 11.7. The predicted octanol–water partition coefficient (Wildman–Crippen LogP) is 2.78. The second-order valence-corrected chi connectivity index (χ2v) is 6.10. The van der Waals surface area contributed by atoms with Gasteiger partial charge < -0.3 is 0 Å². The molecule has 2 aliphatic rings. The number of hydrogen-bond donors (Lipinski definition) is 1. The van der Waals surface area contributed by atoms with Gasteiger partial charge in [-0.3, -0.25) is 9.35 Å². The minimum absolute atomic E-state index is 0.208. The standard InChI is InChI=1S/C14H14O4S/c1-8-4-9(2)13-11(7-15)6-12(19(16,17)18)14(13)10(3)5-8/h4-7H,1-3H3,(H,16,17,18). The summed E-state index contributed by atoms with van der Waals surface area (Å²) < 4.78 is 32.3. The van der Waals surface area contributed by atoms with Crippen LogP contribution in [0.1, 0.15) is 27.0 Å². The Balaban J connectivity index is 3.05. The Bertz CT molecular complexity index is 745. The second-order valence-electron chi connectivity index (χ2n) is 4.71. The van der Waals surface area contributed by atoms with Gasteiger partial charge in [0.25, 0.3) is 10.1 Å². The van der Waals surface area contributed by atoms with Gasteiger partial charge in [0.05, 0.1) is 0 Å². The molecule has 4 nitrogen and oxygen atoms in total.